The van der Waals surface area contributed by atoms with Gasteiger partial charge in [-0.15, -0.1) is 0 Å². The van der Waals surface area contributed by atoms with Crippen molar-refractivity contribution in [3.05, 3.63) is 44.0 Å². The lowest BCUT2D eigenvalue weighted by Gasteiger charge is -2.38. The van der Waals surface area contributed by atoms with Gasteiger partial charge in [0, 0.05) is 43.1 Å². The Kier molecular flexibility index (Phi) is 15.5. The van der Waals surface area contributed by atoms with Crippen LogP contribution in [-0.4, -0.2) is 122 Å². The summed E-state index contributed by atoms with van der Waals surface area (Å²) in [5, 5.41) is 2.83. The minimum absolute atomic E-state index is 0.0101. The Morgan fingerprint density at radius 1 is 1.20 bits per heavy atom. The van der Waals surface area contributed by atoms with E-state index < -0.39 is 51.5 Å². The van der Waals surface area contributed by atoms with E-state index in [1.807, 2.05) is 53.6 Å². The quantitative estimate of drug-likeness (QED) is 0.135. The summed E-state index contributed by atoms with van der Waals surface area (Å²) in [6.07, 6.45) is -1.94. The summed E-state index contributed by atoms with van der Waals surface area (Å²) in [6, 6.07) is 0.0201. The molecule has 0 radical (unpaired) electrons. The fraction of sp³-hybridized carbons (Fsp3) is 0.793. The number of ether oxygens (including phenoxy) is 2. The fourth-order valence-corrected chi connectivity index (χ4v) is 8.59. The molecule has 14 nitrogen and oxygen atoms in total. The monoisotopic (exact) mass is 674 g/mol. The van der Waals surface area contributed by atoms with Gasteiger partial charge in [0.05, 0.1) is 13.2 Å². The maximum absolute atomic E-state index is 13.1. The number of likely N-dealkylation sites (N-methyl/N-ethyl adjacent to an activating group) is 1. The average molecular weight is 675 g/mol. The number of H-pyrrole nitrogens is 1. The Balaban J connectivity index is 2.63. The van der Waals surface area contributed by atoms with Crippen molar-refractivity contribution >= 4 is 21.6 Å². The van der Waals surface area contributed by atoms with Gasteiger partial charge in [-0.1, -0.05) is 6.92 Å². The molecule has 1 saturated heterocycles. The van der Waals surface area contributed by atoms with E-state index in [-0.39, 0.29) is 49.2 Å². The van der Waals surface area contributed by atoms with E-state index in [0.29, 0.717) is 19.3 Å². The summed E-state index contributed by atoms with van der Waals surface area (Å²) in [7, 11) is -0.500. The molecule has 0 spiro atoms. The number of hydrogen-bond acceptors (Lipinski definition) is 10. The van der Waals surface area contributed by atoms with Crippen LogP contribution in [0.5, 0.6) is 0 Å². The van der Waals surface area contributed by atoms with Crippen molar-refractivity contribution in [2.75, 3.05) is 66.4 Å². The van der Waals surface area contributed by atoms with Gasteiger partial charge in [0.15, 0.2) is 6.23 Å². The molecular formula is C29H52N6O8P2. The predicted octanol–water partition coefficient (Wildman–Crippen LogP) is 2.73. The van der Waals surface area contributed by atoms with E-state index in [9.17, 15) is 18.9 Å². The van der Waals surface area contributed by atoms with E-state index in [2.05, 4.69) is 19.8 Å². The largest absolute Gasteiger partial charge is 0.361 e. The van der Waals surface area contributed by atoms with Gasteiger partial charge in [0.1, 0.15) is 25.4 Å². The molecule has 2 rings (SSSR count). The Hall–Kier alpha value is -1.94. The topological polar surface area (TPSA) is 149 Å². The van der Waals surface area contributed by atoms with Crippen molar-refractivity contribution in [1.29, 1.82) is 0 Å². The number of carbonyl (C=O) groups excluding carboxylic acids is 1. The smallest absolute Gasteiger partial charge is 0.330 e. The number of carbonyl (C=O) groups is 1. The molecule has 1 aliphatic rings. The van der Waals surface area contributed by atoms with Crippen LogP contribution in [0, 0.1) is 19.4 Å². The summed E-state index contributed by atoms with van der Waals surface area (Å²) in [5.41, 5.74) is -0.941. The number of aryl methyl sites for hydroxylation is 1. The number of hydrogen-bond donors (Lipinski definition) is 2. The Morgan fingerprint density at radius 3 is 2.40 bits per heavy atom. The van der Waals surface area contributed by atoms with Crippen molar-refractivity contribution < 1.29 is 27.9 Å². The van der Waals surface area contributed by atoms with E-state index in [4.69, 9.17) is 25.1 Å². The molecule has 256 valence electrons. The van der Waals surface area contributed by atoms with Gasteiger partial charge in [-0.25, -0.2) is 16.0 Å². The Morgan fingerprint density at radius 2 is 1.84 bits per heavy atom. The van der Waals surface area contributed by atoms with E-state index >= 15 is 0 Å². The number of aromatic nitrogens is 2. The van der Waals surface area contributed by atoms with Crippen LogP contribution in [-0.2, 0) is 27.9 Å². The van der Waals surface area contributed by atoms with Crippen LogP contribution in [0.4, 0.5) is 0 Å². The van der Waals surface area contributed by atoms with Crippen LogP contribution in [0.15, 0.2) is 15.8 Å². The molecule has 45 heavy (non-hydrogen) atoms. The van der Waals surface area contributed by atoms with Crippen molar-refractivity contribution in [3.63, 3.8) is 0 Å². The first-order valence-corrected chi connectivity index (χ1v) is 19.1. The summed E-state index contributed by atoms with van der Waals surface area (Å²) in [5.74, 6) is -0.670. The van der Waals surface area contributed by atoms with Gasteiger partial charge in [-0.05, 0) is 68.0 Å². The Labute approximate surface area is 268 Å². The summed E-state index contributed by atoms with van der Waals surface area (Å²) < 4.78 is 42.1. The van der Waals surface area contributed by atoms with Crippen molar-refractivity contribution in [1.82, 2.24) is 24.4 Å². The van der Waals surface area contributed by atoms with Crippen LogP contribution < -0.4 is 16.6 Å². The normalized spacial score (nSPS) is 21.9. The minimum Gasteiger partial charge on any atom is -0.361 e. The highest BCUT2D eigenvalue weighted by molar-refractivity contribution is 7.62. The number of nitrogens with one attached hydrogen (secondary N) is 2. The van der Waals surface area contributed by atoms with Crippen molar-refractivity contribution in [2.45, 2.75) is 78.2 Å². The zero-order valence-electron chi connectivity index (χ0n) is 28.3. The molecule has 2 heterocycles. The molecule has 0 aliphatic carbocycles. The van der Waals surface area contributed by atoms with Gasteiger partial charge in [0.2, 0.25) is 12.5 Å². The molecule has 6 atom stereocenters. The van der Waals surface area contributed by atoms with Gasteiger partial charge in [-0.3, -0.25) is 19.1 Å². The van der Waals surface area contributed by atoms with Crippen LogP contribution in [0.2, 0.25) is 0 Å². The summed E-state index contributed by atoms with van der Waals surface area (Å²) in [4.78, 5) is 45.8. The molecule has 1 unspecified atom stereocenters. The zero-order chi connectivity index (χ0) is 34.1. The maximum atomic E-state index is 13.1. The first kappa shape index (κ1) is 39.2. The third-order valence-corrected chi connectivity index (χ3v) is 10.7. The molecule has 1 aromatic rings. The molecule has 1 amide bonds. The lowest BCUT2D eigenvalue weighted by molar-refractivity contribution is -0.132. The minimum atomic E-state index is -2.52. The SMILES string of the molecule is [C-]#[N+]CCOP(O[C@H]1[C@@H](OCC(=O)NCCN(C)C)[C@H](n2cc(C)c(=O)[nH]c2=O)O[C@@H]1[C@@H](C)CP(C)(C)=O)N(C(C)C)C(C)C. The molecule has 1 aromatic heterocycles. The molecule has 1 aliphatic heterocycles. The predicted molar refractivity (Wildman–Crippen MR) is 176 cm³/mol. The summed E-state index contributed by atoms with van der Waals surface area (Å²) in [6.45, 7) is 23.2. The molecule has 0 bridgehead atoms. The zero-order valence-corrected chi connectivity index (χ0v) is 30.1. The van der Waals surface area contributed by atoms with Gasteiger partial charge >= 0.3 is 5.69 Å². The van der Waals surface area contributed by atoms with Crippen molar-refractivity contribution in [3.8, 4) is 0 Å². The van der Waals surface area contributed by atoms with Gasteiger partial charge in [-0.2, -0.15) is 0 Å². The number of aromatic amines is 1. The third kappa shape index (κ3) is 12.0. The molecule has 2 N–H and O–H groups in total. The van der Waals surface area contributed by atoms with Crippen LogP contribution >= 0.6 is 15.7 Å². The van der Waals surface area contributed by atoms with Gasteiger partial charge < -0.3 is 38.1 Å². The standard InChI is InChI=1S/C29H52N6O8P2/c1-19(2)35(20(3)4)44(41-15-13-30-7)43-25-24(22(6)18-45(10,11)39)42-28(34-16-21(5)27(37)32-29(34)38)26(25)40-17-23(36)31-12-14-33(8)9/h16,19-20,22,24-26,28H,12-15,17-18H2,1-6,8-11H3,(H,31,36)(H,32,37,38)/t22-,24+,25+,26+,28+,44?/m0/s1. The molecule has 0 saturated carbocycles. The molecule has 0 aromatic carbocycles. The second-order valence-electron chi connectivity index (χ2n) is 12.7. The average Bonchev–Trinajstić information content (AvgIpc) is 3.25. The highest BCUT2D eigenvalue weighted by atomic mass is 31.2. The number of nitrogens with zero attached hydrogens (tertiary/aromatic N) is 4. The molecule has 16 heteroatoms. The van der Waals surface area contributed by atoms with E-state index in [0.717, 1.165) is 0 Å². The second-order valence-corrected chi connectivity index (χ2v) is 17.6. The number of rotatable bonds is 18. The molecule has 1 fully saturated rings. The molecular weight excluding hydrogens is 622 g/mol. The highest BCUT2D eigenvalue weighted by Gasteiger charge is 2.52. The van der Waals surface area contributed by atoms with Crippen LogP contribution in [0.3, 0.4) is 0 Å². The van der Waals surface area contributed by atoms with Crippen LogP contribution in [0.25, 0.3) is 4.85 Å². The highest BCUT2D eigenvalue weighted by Crippen LogP contribution is 2.52. The second kappa shape index (κ2) is 17.8. The lowest BCUT2D eigenvalue weighted by Crippen LogP contribution is -2.44. The third-order valence-electron chi connectivity index (χ3n) is 7.09. The first-order valence-electron chi connectivity index (χ1n) is 15.2. The summed E-state index contributed by atoms with van der Waals surface area (Å²) >= 11 is 0. The maximum Gasteiger partial charge on any atom is 0.330 e. The lowest BCUT2D eigenvalue weighted by atomic mass is 10.00. The van der Waals surface area contributed by atoms with Gasteiger partial charge in [0.25, 0.3) is 14.1 Å². The fourth-order valence-electron chi connectivity index (χ4n) is 5.25. The van der Waals surface area contributed by atoms with E-state index in [1.54, 1.807) is 20.3 Å². The Bertz CT molecular complexity index is 1300. The number of amides is 1. The van der Waals surface area contributed by atoms with Crippen molar-refractivity contribution in [2.24, 2.45) is 5.92 Å². The van der Waals surface area contributed by atoms with E-state index in [1.165, 1.54) is 10.8 Å². The van der Waals surface area contributed by atoms with Crippen LogP contribution in [0.1, 0.15) is 46.4 Å². The first-order chi connectivity index (χ1) is 21.0.